The van der Waals surface area contributed by atoms with Crippen molar-refractivity contribution in [3.8, 4) is 0 Å². The fourth-order valence-corrected chi connectivity index (χ4v) is 3.50. The van der Waals surface area contributed by atoms with E-state index in [2.05, 4.69) is 17.9 Å². The van der Waals surface area contributed by atoms with Gasteiger partial charge >= 0.3 is 0 Å². The second kappa shape index (κ2) is 5.50. The predicted octanol–water partition coefficient (Wildman–Crippen LogP) is 3.13. The largest absolute Gasteiger partial charge is 0.329 e. The summed E-state index contributed by atoms with van der Waals surface area (Å²) in [5, 5.41) is 0. The van der Waals surface area contributed by atoms with Gasteiger partial charge < -0.3 is 5.73 Å². The number of piperidine rings is 1. The van der Waals surface area contributed by atoms with Gasteiger partial charge in [-0.15, -0.1) is 11.3 Å². The number of hydrogen-bond acceptors (Lipinski definition) is 3. The van der Waals surface area contributed by atoms with E-state index >= 15 is 0 Å². The fraction of sp³-hybridized carbons (Fsp3) is 0.667. The smallest absolute Gasteiger partial charge is 0.0931 e. The molecule has 0 radical (unpaired) electrons. The Morgan fingerprint density at radius 2 is 2.19 bits per heavy atom. The van der Waals surface area contributed by atoms with Gasteiger partial charge in [0.25, 0.3) is 0 Å². The van der Waals surface area contributed by atoms with Gasteiger partial charge in [-0.3, -0.25) is 4.90 Å². The normalized spacial score (nSPS) is 21.2. The zero-order chi connectivity index (χ0) is 11.5. The molecule has 1 aliphatic rings. The predicted molar refractivity (Wildman–Crippen MR) is 71.1 cm³/mol. The molecule has 2 N–H and O–H groups in total. The molecule has 0 aromatic carbocycles. The van der Waals surface area contributed by atoms with Crippen molar-refractivity contribution in [1.29, 1.82) is 0 Å². The number of rotatable bonds is 3. The third kappa shape index (κ3) is 2.77. The SMILES string of the molecule is CC1CCN(C(CN)c2ccc(Cl)s2)CC1. The van der Waals surface area contributed by atoms with Crippen molar-refractivity contribution < 1.29 is 0 Å². The van der Waals surface area contributed by atoms with E-state index in [9.17, 15) is 0 Å². The second-order valence-electron chi connectivity index (χ2n) is 4.61. The minimum Gasteiger partial charge on any atom is -0.329 e. The van der Waals surface area contributed by atoms with Gasteiger partial charge in [0, 0.05) is 11.4 Å². The van der Waals surface area contributed by atoms with E-state index < -0.39 is 0 Å². The van der Waals surface area contributed by atoms with Crippen LogP contribution in [0.5, 0.6) is 0 Å². The fourth-order valence-electron chi connectivity index (χ4n) is 2.29. The van der Waals surface area contributed by atoms with Crippen molar-refractivity contribution >= 4 is 22.9 Å². The van der Waals surface area contributed by atoms with Gasteiger partial charge in [0.1, 0.15) is 0 Å². The van der Waals surface area contributed by atoms with E-state index in [1.54, 1.807) is 11.3 Å². The zero-order valence-electron chi connectivity index (χ0n) is 9.66. The third-order valence-corrected chi connectivity index (χ3v) is 4.74. The lowest BCUT2D eigenvalue weighted by molar-refractivity contribution is 0.143. The van der Waals surface area contributed by atoms with Gasteiger partial charge in [-0.1, -0.05) is 18.5 Å². The molecule has 1 unspecified atom stereocenters. The maximum absolute atomic E-state index is 5.98. The molecule has 1 atom stereocenters. The molecule has 1 aliphatic heterocycles. The summed E-state index contributed by atoms with van der Waals surface area (Å²) >= 11 is 7.64. The molecular formula is C12H19ClN2S. The molecule has 2 rings (SSSR count). The van der Waals surface area contributed by atoms with Crippen LogP contribution in [0, 0.1) is 5.92 Å². The first kappa shape index (κ1) is 12.4. The van der Waals surface area contributed by atoms with Crippen molar-refractivity contribution in [3.63, 3.8) is 0 Å². The van der Waals surface area contributed by atoms with Crippen LogP contribution in [0.1, 0.15) is 30.7 Å². The average molecular weight is 259 g/mol. The Balaban J connectivity index is 2.05. The number of nitrogens with two attached hydrogens (primary N) is 1. The lowest BCUT2D eigenvalue weighted by Crippen LogP contribution is -2.39. The van der Waals surface area contributed by atoms with Crippen LogP contribution < -0.4 is 5.73 Å². The summed E-state index contributed by atoms with van der Waals surface area (Å²) in [6.45, 7) is 5.35. The lowest BCUT2D eigenvalue weighted by atomic mass is 9.97. The molecule has 4 heteroatoms. The van der Waals surface area contributed by atoms with E-state index in [1.807, 2.05) is 6.07 Å². The Hall–Kier alpha value is -0.0900. The molecule has 0 saturated carbocycles. The van der Waals surface area contributed by atoms with Crippen LogP contribution in [0.2, 0.25) is 4.34 Å². The summed E-state index contributed by atoms with van der Waals surface area (Å²) in [7, 11) is 0. The zero-order valence-corrected chi connectivity index (χ0v) is 11.2. The molecule has 0 amide bonds. The first-order valence-electron chi connectivity index (χ1n) is 5.90. The Kier molecular flexibility index (Phi) is 4.25. The van der Waals surface area contributed by atoms with Crippen LogP contribution in [0.4, 0.5) is 0 Å². The highest BCUT2D eigenvalue weighted by Gasteiger charge is 2.24. The molecular weight excluding hydrogens is 240 g/mol. The molecule has 1 fully saturated rings. The summed E-state index contributed by atoms with van der Waals surface area (Å²) in [4.78, 5) is 3.81. The Bertz CT molecular complexity index is 332. The van der Waals surface area contributed by atoms with Gasteiger partial charge in [-0.2, -0.15) is 0 Å². The molecule has 1 aromatic rings. The topological polar surface area (TPSA) is 29.3 Å². The molecule has 2 heterocycles. The molecule has 0 aliphatic carbocycles. The number of halogens is 1. The molecule has 1 aromatic heterocycles. The molecule has 0 bridgehead atoms. The number of thiophene rings is 1. The van der Waals surface area contributed by atoms with Gasteiger partial charge in [0.2, 0.25) is 0 Å². The van der Waals surface area contributed by atoms with Crippen LogP contribution in [0.15, 0.2) is 12.1 Å². The average Bonchev–Trinajstić information content (AvgIpc) is 2.69. The Morgan fingerprint density at radius 3 is 2.69 bits per heavy atom. The maximum Gasteiger partial charge on any atom is 0.0931 e. The van der Waals surface area contributed by atoms with Crippen LogP contribution in [0.25, 0.3) is 0 Å². The van der Waals surface area contributed by atoms with E-state index in [0.717, 1.165) is 10.3 Å². The van der Waals surface area contributed by atoms with E-state index in [1.165, 1.54) is 30.8 Å². The van der Waals surface area contributed by atoms with Crippen molar-refractivity contribution in [3.05, 3.63) is 21.3 Å². The standard InChI is InChI=1S/C12H19ClN2S/c1-9-4-6-15(7-5-9)10(8-14)11-2-3-12(13)16-11/h2-3,9-10H,4-8,14H2,1H3. The summed E-state index contributed by atoms with van der Waals surface area (Å²) < 4.78 is 0.860. The quantitative estimate of drug-likeness (QED) is 0.903. The van der Waals surface area contributed by atoms with Gasteiger partial charge in [0.15, 0.2) is 0 Å². The highest BCUT2D eigenvalue weighted by Crippen LogP contribution is 2.32. The van der Waals surface area contributed by atoms with Crippen LogP contribution >= 0.6 is 22.9 Å². The summed E-state index contributed by atoms with van der Waals surface area (Å²) in [6.07, 6.45) is 2.57. The Morgan fingerprint density at radius 1 is 1.50 bits per heavy atom. The van der Waals surface area contributed by atoms with E-state index in [4.69, 9.17) is 17.3 Å². The number of hydrogen-bond donors (Lipinski definition) is 1. The van der Waals surface area contributed by atoms with Gasteiger partial charge in [-0.25, -0.2) is 0 Å². The van der Waals surface area contributed by atoms with Crippen LogP contribution in [0.3, 0.4) is 0 Å². The van der Waals surface area contributed by atoms with Crippen molar-refractivity contribution in [2.24, 2.45) is 11.7 Å². The monoisotopic (exact) mass is 258 g/mol. The molecule has 0 spiro atoms. The minimum atomic E-state index is 0.366. The highest BCUT2D eigenvalue weighted by atomic mass is 35.5. The maximum atomic E-state index is 5.98. The first-order valence-corrected chi connectivity index (χ1v) is 7.09. The Labute approximate surface area is 106 Å². The van der Waals surface area contributed by atoms with Crippen LogP contribution in [-0.4, -0.2) is 24.5 Å². The van der Waals surface area contributed by atoms with Crippen molar-refractivity contribution in [1.82, 2.24) is 4.90 Å². The highest BCUT2D eigenvalue weighted by molar-refractivity contribution is 7.16. The number of nitrogens with zero attached hydrogens (tertiary/aromatic N) is 1. The van der Waals surface area contributed by atoms with Crippen LogP contribution in [-0.2, 0) is 0 Å². The first-order chi connectivity index (χ1) is 7.70. The van der Waals surface area contributed by atoms with Gasteiger partial charge in [-0.05, 0) is 44.0 Å². The summed E-state index contributed by atoms with van der Waals surface area (Å²) in [6, 6.07) is 4.45. The third-order valence-electron chi connectivity index (χ3n) is 3.40. The van der Waals surface area contributed by atoms with E-state index in [0.29, 0.717) is 12.6 Å². The summed E-state index contributed by atoms with van der Waals surface area (Å²) in [5.41, 5.74) is 5.90. The molecule has 90 valence electrons. The summed E-state index contributed by atoms with van der Waals surface area (Å²) in [5.74, 6) is 0.863. The second-order valence-corrected chi connectivity index (χ2v) is 6.36. The van der Waals surface area contributed by atoms with Crippen molar-refractivity contribution in [2.45, 2.75) is 25.8 Å². The van der Waals surface area contributed by atoms with Gasteiger partial charge in [0.05, 0.1) is 10.4 Å². The van der Waals surface area contributed by atoms with Crippen molar-refractivity contribution in [2.75, 3.05) is 19.6 Å². The molecule has 1 saturated heterocycles. The lowest BCUT2D eigenvalue weighted by Gasteiger charge is -2.35. The molecule has 16 heavy (non-hydrogen) atoms. The number of likely N-dealkylation sites (tertiary alicyclic amines) is 1. The van der Waals surface area contributed by atoms with E-state index in [-0.39, 0.29) is 0 Å². The molecule has 2 nitrogen and oxygen atoms in total. The minimum absolute atomic E-state index is 0.366.